The molecule has 2 nitrogen and oxygen atoms in total. The molecule has 0 spiro atoms. The fourth-order valence-electron chi connectivity index (χ4n) is 4.52. The first kappa shape index (κ1) is 15.3. The molecular formula is C20H25ClN2. The zero-order chi connectivity index (χ0) is 15.8. The summed E-state index contributed by atoms with van der Waals surface area (Å²) >= 11 is 6.07. The number of halogens is 1. The SMILES string of the molecule is CC(c1c2c(nn1-c1ccc(Cl)cc1)CCC2)C1CCCCC1. The molecule has 0 aliphatic heterocycles. The maximum Gasteiger partial charge on any atom is 0.0664 e. The largest absolute Gasteiger partial charge is 0.237 e. The van der Waals surface area contributed by atoms with E-state index in [9.17, 15) is 0 Å². The fraction of sp³-hybridized carbons (Fsp3) is 0.550. The third-order valence-corrected chi connectivity index (χ3v) is 6.06. The number of aryl methyl sites for hydroxylation is 1. The van der Waals surface area contributed by atoms with Crippen molar-refractivity contribution < 1.29 is 0 Å². The maximum absolute atomic E-state index is 6.07. The van der Waals surface area contributed by atoms with E-state index in [0.717, 1.165) is 23.0 Å². The third kappa shape index (κ3) is 2.82. The molecule has 1 fully saturated rings. The summed E-state index contributed by atoms with van der Waals surface area (Å²) in [5, 5.41) is 5.77. The van der Waals surface area contributed by atoms with E-state index < -0.39 is 0 Å². The van der Waals surface area contributed by atoms with Crippen LogP contribution in [0.5, 0.6) is 0 Å². The number of hydrogen-bond donors (Lipinski definition) is 0. The first-order valence-electron chi connectivity index (χ1n) is 9.10. The molecule has 1 aromatic heterocycles. The summed E-state index contributed by atoms with van der Waals surface area (Å²) < 4.78 is 2.22. The predicted octanol–water partition coefficient (Wildman–Crippen LogP) is 5.70. The molecule has 1 saturated carbocycles. The summed E-state index contributed by atoms with van der Waals surface area (Å²) in [6.07, 6.45) is 10.6. The van der Waals surface area contributed by atoms with Crippen molar-refractivity contribution in [1.29, 1.82) is 0 Å². The zero-order valence-electron chi connectivity index (χ0n) is 13.9. The van der Waals surface area contributed by atoms with Crippen molar-refractivity contribution in [3.05, 3.63) is 46.2 Å². The van der Waals surface area contributed by atoms with Gasteiger partial charge in [0.05, 0.1) is 17.1 Å². The molecule has 1 unspecified atom stereocenters. The second-order valence-corrected chi connectivity index (χ2v) is 7.68. The van der Waals surface area contributed by atoms with Gasteiger partial charge in [-0.15, -0.1) is 0 Å². The summed E-state index contributed by atoms with van der Waals surface area (Å²) in [6, 6.07) is 8.14. The first-order valence-corrected chi connectivity index (χ1v) is 9.48. The molecule has 0 N–H and O–H groups in total. The van der Waals surface area contributed by atoms with Gasteiger partial charge in [-0.3, -0.25) is 0 Å². The van der Waals surface area contributed by atoms with E-state index >= 15 is 0 Å². The molecule has 2 aromatic rings. The minimum atomic E-state index is 0.598. The van der Waals surface area contributed by atoms with Crippen molar-refractivity contribution in [2.24, 2.45) is 5.92 Å². The number of aromatic nitrogens is 2. The quantitative estimate of drug-likeness (QED) is 0.706. The van der Waals surface area contributed by atoms with E-state index in [2.05, 4.69) is 23.7 Å². The van der Waals surface area contributed by atoms with Gasteiger partial charge >= 0.3 is 0 Å². The molecule has 4 rings (SSSR count). The Kier molecular flexibility index (Phi) is 4.19. The highest BCUT2D eigenvalue weighted by Gasteiger charge is 2.30. The Bertz CT molecular complexity index is 680. The van der Waals surface area contributed by atoms with E-state index in [-0.39, 0.29) is 0 Å². The topological polar surface area (TPSA) is 17.8 Å². The molecule has 23 heavy (non-hydrogen) atoms. The van der Waals surface area contributed by atoms with Crippen LogP contribution >= 0.6 is 11.6 Å². The van der Waals surface area contributed by atoms with Crippen molar-refractivity contribution in [1.82, 2.24) is 9.78 Å². The smallest absolute Gasteiger partial charge is 0.0664 e. The lowest BCUT2D eigenvalue weighted by Gasteiger charge is -2.29. The standard InChI is InChI=1S/C20H25ClN2/c1-14(15-6-3-2-4-7-15)20-18-8-5-9-19(18)22-23(20)17-12-10-16(21)11-13-17/h10-15H,2-9H2,1H3. The molecule has 0 saturated heterocycles. The van der Waals surface area contributed by atoms with Gasteiger partial charge in [-0.1, -0.05) is 37.8 Å². The second-order valence-electron chi connectivity index (χ2n) is 7.24. The van der Waals surface area contributed by atoms with Crippen LogP contribution in [0, 0.1) is 5.92 Å². The molecule has 0 bridgehead atoms. The van der Waals surface area contributed by atoms with Crippen LogP contribution < -0.4 is 0 Å². The average molecular weight is 329 g/mol. The molecule has 0 amide bonds. The fourth-order valence-corrected chi connectivity index (χ4v) is 4.65. The molecular weight excluding hydrogens is 304 g/mol. The van der Waals surface area contributed by atoms with Crippen LogP contribution in [-0.4, -0.2) is 9.78 Å². The van der Waals surface area contributed by atoms with Crippen molar-refractivity contribution in [3.63, 3.8) is 0 Å². The average Bonchev–Trinajstić information content (AvgIpc) is 3.16. The second kappa shape index (κ2) is 6.32. The van der Waals surface area contributed by atoms with Gasteiger partial charge in [0.15, 0.2) is 0 Å². The lowest BCUT2D eigenvalue weighted by atomic mass is 9.78. The van der Waals surface area contributed by atoms with Gasteiger partial charge in [0.25, 0.3) is 0 Å². The lowest BCUT2D eigenvalue weighted by Crippen LogP contribution is -2.18. The Morgan fingerprint density at radius 1 is 1.04 bits per heavy atom. The zero-order valence-corrected chi connectivity index (χ0v) is 14.6. The summed E-state index contributed by atoms with van der Waals surface area (Å²) in [5.41, 5.74) is 5.50. The minimum absolute atomic E-state index is 0.598. The summed E-state index contributed by atoms with van der Waals surface area (Å²) in [6.45, 7) is 2.43. The van der Waals surface area contributed by atoms with Crippen molar-refractivity contribution in [2.75, 3.05) is 0 Å². The number of benzene rings is 1. The minimum Gasteiger partial charge on any atom is -0.237 e. The number of fused-ring (bicyclic) bond motifs is 1. The molecule has 3 heteroatoms. The molecule has 1 atom stereocenters. The lowest BCUT2D eigenvalue weighted by molar-refractivity contribution is 0.309. The van der Waals surface area contributed by atoms with Gasteiger partial charge in [0, 0.05) is 10.9 Å². The van der Waals surface area contributed by atoms with Crippen molar-refractivity contribution in [3.8, 4) is 5.69 Å². The van der Waals surface area contributed by atoms with Crippen LogP contribution in [-0.2, 0) is 12.8 Å². The first-order chi connectivity index (χ1) is 11.2. The van der Waals surface area contributed by atoms with E-state index in [1.165, 1.54) is 61.9 Å². The van der Waals surface area contributed by atoms with Crippen LogP contribution in [0.15, 0.2) is 24.3 Å². The Hall–Kier alpha value is -1.28. The summed E-state index contributed by atoms with van der Waals surface area (Å²) in [4.78, 5) is 0. The van der Waals surface area contributed by atoms with E-state index in [4.69, 9.17) is 16.7 Å². The van der Waals surface area contributed by atoms with E-state index in [1.54, 1.807) is 0 Å². The van der Waals surface area contributed by atoms with Crippen molar-refractivity contribution in [2.45, 2.75) is 64.2 Å². The van der Waals surface area contributed by atoms with Gasteiger partial charge in [0.2, 0.25) is 0 Å². The van der Waals surface area contributed by atoms with E-state index in [0.29, 0.717) is 5.92 Å². The van der Waals surface area contributed by atoms with Gasteiger partial charge in [-0.05, 0) is 67.9 Å². The molecule has 0 radical (unpaired) electrons. The Balaban J connectivity index is 1.76. The molecule has 2 aliphatic rings. The van der Waals surface area contributed by atoms with Crippen LogP contribution in [0.1, 0.15) is 68.3 Å². The van der Waals surface area contributed by atoms with Crippen molar-refractivity contribution >= 4 is 11.6 Å². The Morgan fingerprint density at radius 3 is 2.52 bits per heavy atom. The maximum atomic E-state index is 6.07. The predicted molar refractivity (Wildman–Crippen MR) is 95.6 cm³/mol. The molecule has 1 aromatic carbocycles. The molecule has 122 valence electrons. The van der Waals surface area contributed by atoms with Crippen LogP contribution in [0.25, 0.3) is 5.69 Å². The number of nitrogens with zero attached hydrogens (tertiary/aromatic N) is 2. The number of hydrogen-bond acceptors (Lipinski definition) is 1. The molecule has 2 aliphatic carbocycles. The summed E-state index contributed by atoms with van der Waals surface area (Å²) in [7, 11) is 0. The number of rotatable bonds is 3. The highest BCUT2D eigenvalue weighted by Crippen LogP contribution is 2.40. The van der Waals surface area contributed by atoms with Gasteiger partial charge < -0.3 is 0 Å². The highest BCUT2D eigenvalue weighted by molar-refractivity contribution is 6.30. The Morgan fingerprint density at radius 2 is 1.78 bits per heavy atom. The van der Waals surface area contributed by atoms with Crippen LogP contribution in [0.3, 0.4) is 0 Å². The highest BCUT2D eigenvalue weighted by atomic mass is 35.5. The monoisotopic (exact) mass is 328 g/mol. The molecule has 1 heterocycles. The Labute approximate surface area is 143 Å². The van der Waals surface area contributed by atoms with Crippen LogP contribution in [0.2, 0.25) is 5.02 Å². The normalized spacial score (nSPS) is 19.7. The van der Waals surface area contributed by atoms with Gasteiger partial charge in [0.1, 0.15) is 0 Å². The third-order valence-electron chi connectivity index (χ3n) is 5.81. The summed E-state index contributed by atoms with van der Waals surface area (Å²) in [5.74, 6) is 1.41. The van der Waals surface area contributed by atoms with E-state index in [1.807, 2.05) is 12.1 Å². The van der Waals surface area contributed by atoms with Crippen LogP contribution in [0.4, 0.5) is 0 Å². The van der Waals surface area contributed by atoms with Gasteiger partial charge in [-0.25, -0.2) is 4.68 Å². The van der Waals surface area contributed by atoms with Gasteiger partial charge in [-0.2, -0.15) is 5.10 Å².